The minimum Gasteiger partial charge on any atom is 0 e. The molecule has 3 N–H and O–H groups in total. The first kappa shape index (κ1) is 41.2. The van der Waals surface area contributed by atoms with Gasteiger partial charge >= 0.3 is 96.5 Å². The van der Waals surface area contributed by atoms with Crippen LogP contribution in [0.4, 0.5) is 39.5 Å². The van der Waals surface area contributed by atoms with Gasteiger partial charge in [-0.2, -0.15) is 0 Å². The average molecular weight is 657 g/mol. The number of aliphatic hydroxyl groups is 3. The number of aliphatic hydroxyl groups excluding tert-OH is 3. The average Bonchev–Trinajstić information content (AvgIpc) is 3.16. The SMILES string of the molecule is CCCCO.CCCCO.CCCCO.F[C](F)(F)[Ge]([c-]1cccc1)([C](F)(F)F)[C](F)(F)F.[Zr]. The zero-order valence-corrected chi connectivity index (χ0v) is 24.0. The van der Waals surface area contributed by atoms with Gasteiger partial charge in [-0.05, 0) is 19.3 Å². The first-order valence-electron chi connectivity index (χ1n) is 10.3. The van der Waals surface area contributed by atoms with Gasteiger partial charge < -0.3 is 15.3 Å². The van der Waals surface area contributed by atoms with Crippen LogP contribution in [0.1, 0.15) is 59.3 Å². The van der Waals surface area contributed by atoms with Crippen molar-refractivity contribution in [1.29, 1.82) is 0 Å². The molecule has 0 bridgehead atoms. The van der Waals surface area contributed by atoms with Crippen LogP contribution in [0.3, 0.4) is 0 Å². The molecule has 1 aromatic carbocycles. The molecule has 0 radical (unpaired) electrons. The predicted octanol–water partition coefficient (Wildman–Crippen LogP) is 5.70. The Morgan fingerprint density at radius 1 is 0.588 bits per heavy atom. The smallest absolute Gasteiger partial charge is 0 e. The molecule has 0 saturated carbocycles. The molecule has 1 aromatic rings. The Morgan fingerprint density at radius 3 is 0.941 bits per heavy atom. The van der Waals surface area contributed by atoms with E-state index in [1.165, 1.54) is 0 Å². The summed E-state index contributed by atoms with van der Waals surface area (Å²) in [6, 6.07) is 1.90. The van der Waals surface area contributed by atoms with Crippen LogP contribution in [0.15, 0.2) is 24.3 Å². The van der Waals surface area contributed by atoms with Crippen molar-refractivity contribution in [3.8, 4) is 0 Å². The van der Waals surface area contributed by atoms with Crippen molar-refractivity contribution in [2.24, 2.45) is 0 Å². The van der Waals surface area contributed by atoms with Crippen molar-refractivity contribution < 1.29 is 81.0 Å². The van der Waals surface area contributed by atoms with E-state index in [0.717, 1.165) is 50.7 Å². The topological polar surface area (TPSA) is 60.7 Å². The first-order valence-corrected chi connectivity index (χ1v) is 14.5. The molecule has 0 aliphatic carbocycles. The Bertz CT molecular complexity index is 493. The summed E-state index contributed by atoms with van der Waals surface area (Å²) in [6.07, 6.45) is 6.11. The third-order valence-electron chi connectivity index (χ3n) is 3.91. The van der Waals surface area contributed by atoms with Crippen molar-refractivity contribution in [3.05, 3.63) is 24.3 Å². The zero-order valence-electron chi connectivity index (χ0n) is 19.4. The van der Waals surface area contributed by atoms with E-state index in [2.05, 4.69) is 20.8 Å². The van der Waals surface area contributed by atoms with E-state index in [-0.39, 0.29) is 38.3 Å². The second-order valence-corrected chi connectivity index (χ2v) is 14.6. The molecule has 204 valence electrons. The van der Waals surface area contributed by atoms with E-state index < -0.39 is 32.7 Å². The van der Waals surface area contributed by atoms with Crippen molar-refractivity contribution in [1.82, 2.24) is 0 Å². The fraction of sp³-hybridized carbons (Fsp3) is 0.750. The summed E-state index contributed by atoms with van der Waals surface area (Å²) in [6.45, 7) is 7.19. The van der Waals surface area contributed by atoms with E-state index in [9.17, 15) is 39.5 Å². The number of hydrogen-bond donors (Lipinski definition) is 3. The summed E-state index contributed by atoms with van der Waals surface area (Å²) >= 11 is -8.38. The first-order chi connectivity index (χ1) is 15.1. The molecule has 1 rings (SSSR count). The minimum atomic E-state index is -8.38. The number of rotatable bonds is 7. The van der Waals surface area contributed by atoms with E-state index >= 15 is 0 Å². The van der Waals surface area contributed by atoms with Crippen LogP contribution >= 0.6 is 0 Å². The van der Waals surface area contributed by atoms with Gasteiger partial charge in [0.2, 0.25) is 0 Å². The van der Waals surface area contributed by atoms with Crippen LogP contribution < -0.4 is 4.40 Å². The van der Waals surface area contributed by atoms with Crippen LogP contribution in [0, 0.1) is 0 Å². The maximum Gasteiger partial charge on any atom is 0 e. The molecule has 0 unspecified atom stereocenters. The summed E-state index contributed by atoms with van der Waals surface area (Å²) in [4.78, 5) is 0. The van der Waals surface area contributed by atoms with Crippen LogP contribution in [-0.2, 0) is 26.2 Å². The summed E-state index contributed by atoms with van der Waals surface area (Å²) < 4.78 is 111. The van der Waals surface area contributed by atoms with Gasteiger partial charge in [-0.15, -0.1) is 0 Å². The molecule has 0 amide bonds. The molecule has 0 fully saturated rings. The van der Waals surface area contributed by atoms with Crippen molar-refractivity contribution in [2.45, 2.75) is 74.3 Å². The molecule has 0 aromatic heterocycles. The Balaban J connectivity index is -0.000000231. The van der Waals surface area contributed by atoms with E-state index in [1.807, 2.05) is 0 Å². The van der Waals surface area contributed by atoms with E-state index in [0.29, 0.717) is 19.8 Å². The number of alkyl halides is 9. The third kappa shape index (κ3) is 14.6. The fourth-order valence-electron chi connectivity index (χ4n) is 2.07. The van der Waals surface area contributed by atoms with Gasteiger partial charge in [0.25, 0.3) is 0 Å². The van der Waals surface area contributed by atoms with Crippen molar-refractivity contribution >= 4 is 17.7 Å². The number of unbranched alkanes of at least 4 members (excludes halogenated alkanes) is 3. The fourth-order valence-corrected chi connectivity index (χ4v) is 7.61. The molecule has 0 aliphatic rings. The van der Waals surface area contributed by atoms with Crippen molar-refractivity contribution in [2.75, 3.05) is 19.8 Å². The molecule has 0 atom stereocenters. The second kappa shape index (κ2) is 21.1. The summed E-state index contributed by atoms with van der Waals surface area (Å²) in [5, 5.41) is 5.13. The molecule has 0 heterocycles. The molecule has 14 heteroatoms. The Kier molecular flexibility index (Phi) is 25.6. The maximum atomic E-state index is 12.6. The van der Waals surface area contributed by atoms with Crippen molar-refractivity contribution in [3.63, 3.8) is 0 Å². The van der Waals surface area contributed by atoms with Gasteiger partial charge in [0, 0.05) is 46.0 Å². The second-order valence-electron chi connectivity index (χ2n) is 6.65. The van der Waals surface area contributed by atoms with Gasteiger partial charge in [0.1, 0.15) is 0 Å². The van der Waals surface area contributed by atoms with Crippen LogP contribution in [0.5, 0.6) is 0 Å². The Hall–Kier alpha value is 0.0260. The van der Waals surface area contributed by atoms with Gasteiger partial charge in [-0.25, -0.2) is 0 Å². The van der Waals surface area contributed by atoms with Gasteiger partial charge in [0.15, 0.2) is 0 Å². The van der Waals surface area contributed by atoms with E-state index in [4.69, 9.17) is 15.3 Å². The summed E-state index contributed by atoms with van der Waals surface area (Å²) in [5.41, 5.74) is 0. The quantitative estimate of drug-likeness (QED) is 0.201. The summed E-state index contributed by atoms with van der Waals surface area (Å²) in [7, 11) is 0. The van der Waals surface area contributed by atoms with Crippen LogP contribution in [-0.4, -0.2) is 63.4 Å². The maximum absolute atomic E-state index is 12.6. The Labute approximate surface area is 216 Å². The van der Waals surface area contributed by atoms with Gasteiger partial charge in [0.05, 0.1) is 0 Å². The molecule has 34 heavy (non-hydrogen) atoms. The summed E-state index contributed by atoms with van der Waals surface area (Å²) in [5.74, 6) is 0. The molecular formula is C20H34F9GeO3Zr-. The molecule has 0 saturated heterocycles. The number of hydrogen-bond acceptors (Lipinski definition) is 3. The third-order valence-corrected chi connectivity index (χ3v) is 11.8. The molecular weight excluding hydrogens is 623 g/mol. The van der Waals surface area contributed by atoms with E-state index in [1.54, 1.807) is 0 Å². The molecule has 0 spiro atoms. The largest absolute Gasteiger partial charge is 0 e. The molecule has 3 nitrogen and oxygen atoms in total. The normalized spacial score (nSPS) is 11.6. The monoisotopic (exact) mass is 657 g/mol. The van der Waals surface area contributed by atoms with Crippen LogP contribution in [0.2, 0.25) is 0 Å². The van der Waals surface area contributed by atoms with Crippen LogP contribution in [0.25, 0.3) is 0 Å². The Morgan fingerprint density at radius 2 is 0.824 bits per heavy atom. The standard InChI is InChI=1S/C8H4F9Ge.3C4H10O.Zr/c9-6(10,11)18(7(12,13)14,8(15,16)17)5-3-1-2-4-5;3*1-2-3-4-5;/h1-4H;3*5H,2-4H2,1H3;/q-1;;;;. The predicted molar refractivity (Wildman–Crippen MR) is 112 cm³/mol. The molecule has 0 aliphatic heterocycles. The number of halogens is 9. The van der Waals surface area contributed by atoms with Gasteiger partial charge in [-0.1, -0.05) is 40.0 Å². The van der Waals surface area contributed by atoms with Gasteiger partial charge in [-0.3, -0.25) is 0 Å². The minimum absolute atomic E-state index is 0. The zero-order chi connectivity index (χ0) is 26.8.